The molecular formula is C49H27N3O. The van der Waals surface area contributed by atoms with Crippen molar-refractivity contribution in [2.24, 2.45) is 0 Å². The summed E-state index contributed by atoms with van der Waals surface area (Å²) in [6, 6.07) is 55.6. The van der Waals surface area contributed by atoms with Gasteiger partial charge in [-0.1, -0.05) is 60.7 Å². The van der Waals surface area contributed by atoms with Gasteiger partial charge in [0.1, 0.15) is 11.5 Å². The summed E-state index contributed by atoms with van der Waals surface area (Å²) in [6.07, 6.45) is 3.68. The van der Waals surface area contributed by atoms with Crippen molar-refractivity contribution in [3.8, 4) is 73.5 Å². The van der Waals surface area contributed by atoms with Gasteiger partial charge >= 0.3 is 0 Å². The number of pyridine rings is 2. The molecule has 4 heteroatoms. The van der Waals surface area contributed by atoms with Gasteiger partial charge in [-0.3, -0.25) is 9.97 Å². The van der Waals surface area contributed by atoms with Crippen LogP contribution in [0.1, 0.15) is 5.56 Å². The zero-order chi connectivity index (χ0) is 35.0. The maximum Gasteiger partial charge on any atom is 0.136 e. The van der Waals surface area contributed by atoms with Crippen LogP contribution in [0, 0.1) is 11.3 Å². The SMILES string of the molecule is N#Cc1ccc2c(c1)Oc1cccc3c(-c4cc5ccc6cc(-c7cc(-c8ccccn8)cc(-c8ccccn8)c7)cc7ccc(c4)c5c67)ccc-2c13. The fraction of sp³-hybridized carbons (Fsp3) is 0. The van der Waals surface area contributed by atoms with Crippen molar-refractivity contribution in [2.75, 3.05) is 0 Å². The number of benzene rings is 8. The molecule has 2 aromatic heterocycles. The molecule has 0 spiro atoms. The summed E-state index contributed by atoms with van der Waals surface area (Å²) in [5, 5.41) is 19.1. The molecule has 0 fully saturated rings. The van der Waals surface area contributed by atoms with E-state index in [0.717, 1.165) is 72.6 Å². The van der Waals surface area contributed by atoms with E-state index in [4.69, 9.17) is 4.74 Å². The van der Waals surface area contributed by atoms with Crippen LogP contribution in [0.25, 0.3) is 99.0 Å². The fourth-order valence-electron chi connectivity index (χ4n) is 8.27. The third kappa shape index (κ3) is 4.62. The number of ether oxygens (including phenoxy) is 1. The van der Waals surface area contributed by atoms with Gasteiger partial charge in [-0.2, -0.15) is 5.26 Å². The van der Waals surface area contributed by atoms with Crippen LogP contribution in [0.5, 0.6) is 11.5 Å². The molecule has 0 unspecified atom stereocenters. The van der Waals surface area contributed by atoms with E-state index in [1.54, 1.807) is 0 Å². The Morgan fingerprint density at radius 3 is 1.58 bits per heavy atom. The average Bonchev–Trinajstić information content (AvgIpc) is 3.23. The lowest BCUT2D eigenvalue weighted by atomic mass is 9.86. The Morgan fingerprint density at radius 1 is 0.415 bits per heavy atom. The zero-order valence-electron chi connectivity index (χ0n) is 28.3. The van der Waals surface area contributed by atoms with E-state index < -0.39 is 0 Å². The van der Waals surface area contributed by atoms with E-state index in [-0.39, 0.29) is 0 Å². The minimum atomic E-state index is 0.589. The highest BCUT2D eigenvalue weighted by Crippen LogP contribution is 2.49. The predicted octanol–water partition coefficient (Wildman–Crippen LogP) is 12.8. The number of rotatable bonds is 4. The van der Waals surface area contributed by atoms with Gasteiger partial charge in [0, 0.05) is 34.5 Å². The summed E-state index contributed by atoms with van der Waals surface area (Å²) >= 11 is 0. The van der Waals surface area contributed by atoms with Crippen LogP contribution in [0.4, 0.5) is 0 Å². The van der Waals surface area contributed by atoms with Crippen LogP contribution >= 0.6 is 0 Å². The lowest BCUT2D eigenvalue weighted by Crippen LogP contribution is -1.98. The standard InChI is InChI=1S/C49H27N3O/c50-28-29-10-15-40-42-17-16-39(41-6-5-9-45(49(41)42)53-46(40)20-29)36-23-32-13-11-30-21-34(22-31-12-14-33(24-36)48(32)47(30)31)35-25-37(43-7-1-3-18-51-43)27-38(26-35)44-8-2-4-19-52-44/h1-27H. The second-order valence-electron chi connectivity index (χ2n) is 13.7. The van der Waals surface area contributed by atoms with Gasteiger partial charge < -0.3 is 4.74 Å². The van der Waals surface area contributed by atoms with Gasteiger partial charge in [-0.05, 0) is 157 Å². The lowest BCUT2D eigenvalue weighted by Gasteiger charge is -2.23. The summed E-state index contributed by atoms with van der Waals surface area (Å²) in [5.41, 5.74) is 11.3. The smallest absolute Gasteiger partial charge is 0.136 e. The van der Waals surface area contributed by atoms with Crippen molar-refractivity contribution in [3.05, 3.63) is 170 Å². The van der Waals surface area contributed by atoms with Crippen molar-refractivity contribution in [1.29, 1.82) is 5.26 Å². The molecule has 0 amide bonds. The Hall–Kier alpha value is -7.35. The molecule has 0 saturated carbocycles. The predicted molar refractivity (Wildman–Crippen MR) is 215 cm³/mol. The maximum absolute atomic E-state index is 9.46. The molecule has 0 bridgehead atoms. The zero-order valence-corrected chi connectivity index (χ0v) is 28.3. The first-order valence-electron chi connectivity index (χ1n) is 17.7. The Kier molecular flexibility index (Phi) is 6.28. The highest BCUT2D eigenvalue weighted by molar-refractivity contribution is 6.25. The highest BCUT2D eigenvalue weighted by atomic mass is 16.5. The topological polar surface area (TPSA) is 58.8 Å². The normalized spacial score (nSPS) is 11.9. The van der Waals surface area contributed by atoms with Crippen molar-refractivity contribution in [1.82, 2.24) is 9.97 Å². The van der Waals surface area contributed by atoms with Crippen molar-refractivity contribution in [3.63, 3.8) is 0 Å². The van der Waals surface area contributed by atoms with E-state index in [1.807, 2.05) is 60.9 Å². The Balaban J connectivity index is 1.06. The molecule has 244 valence electrons. The molecule has 3 heterocycles. The van der Waals surface area contributed by atoms with E-state index in [0.29, 0.717) is 5.56 Å². The van der Waals surface area contributed by atoms with Gasteiger partial charge in [0.25, 0.3) is 0 Å². The number of hydrogen-bond donors (Lipinski definition) is 0. The third-order valence-corrected chi connectivity index (χ3v) is 10.7. The van der Waals surface area contributed by atoms with Gasteiger partial charge in [0.15, 0.2) is 0 Å². The van der Waals surface area contributed by atoms with E-state index in [1.165, 1.54) is 37.9 Å². The minimum absolute atomic E-state index is 0.589. The summed E-state index contributed by atoms with van der Waals surface area (Å²) in [6.45, 7) is 0. The van der Waals surface area contributed by atoms with Crippen LogP contribution in [0.15, 0.2) is 164 Å². The van der Waals surface area contributed by atoms with Crippen molar-refractivity contribution < 1.29 is 4.74 Å². The minimum Gasteiger partial charge on any atom is -0.456 e. The van der Waals surface area contributed by atoms with E-state index in [2.05, 4.69) is 119 Å². The third-order valence-electron chi connectivity index (χ3n) is 10.7. The molecule has 8 aromatic carbocycles. The molecule has 1 aliphatic rings. The molecule has 0 radical (unpaired) electrons. The second-order valence-corrected chi connectivity index (χ2v) is 13.7. The molecule has 10 aromatic rings. The average molecular weight is 674 g/mol. The number of aromatic nitrogens is 2. The first kappa shape index (κ1) is 29.4. The van der Waals surface area contributed by atoms with Gasteiger partial charge in [-0.15, -0.1) is 0 Å². The maximum atomic E-state index is 9.46. The summed E-state index contributed by atoms with van der Waals surface area (Å²) in [5.74, 6) is 1.53. The Labute approximate surface area is 305 Å². The van der Waals surface area contributed by atoms with Gasteiger partial charge in [-0.25, -0.2) is 0 Å². The molecular weight excluding hydrogens is 647 g/mol. The molecule has 53 heavy (non-hydrogen) atoms. The largest absolute Gasteiger partial charge is 0.456 e. The van der Waals surface area contributed by atoms with Gasteiger partial charge in [0.05, 0.1) is 23.0 Å². The second kappa shape index (κ2) is 11.3. The number of nitrogens with zero attached hydrogens (tertiary/aromatic N) is 3. The van der Waals surface area contributed by atoms with Crippen LogP contribution in [0.3, 0.4) is 0 Å². The fourth-order valence-corrected chi connectivity index (χ4v) is 8.27. The van der Waals surface area contributed by atoms with Crippen LogP contribution in [-0.2, 0) is 0 Å². The Bertz CT molecular complexity index is 3020. The lowest BCUT2D eigenvalue weighted by molar-refractivity contribution is 0.487. The molecule has 1 aliphatic heterocycles. The van der Waals surface area contributed by atoms with Crippen molar-refractivity contribution >= 4 is 43.1 Å². The van der Waals surface area contributed by atoms with Crippen LogP contribution in [0.2, 0.25) is 0 Å². The number of hydrogen-bond acceptors (Lipinski definition) is 4. The van der Waals surface area contributed by atoms with Crippen LogP contribution < -0.4 is 4.74 Å². The first-order valence-corrected chi connectivity index (χ1v) is 17.7. The van der Waals surface area contributed by atoms with Crippen LogP contribution in [-0.4, -0.2) is 9.97 Å². The van der Waals surface area contributed by atoms with E-state index >= 15 is 0 Å². The number of nitriles is 1. The highest BCUT2D eigenvalue weighted by Gasteiger charge is 2.23. The van der Waals surface area contributed by atoms with Gasteiger partial charge in [0.2, 0.25) is 0 Å². The molecule has 11 rings (SSSR count). The quantitative estimate of drug-likeness (QED) is 0.174. The molecule has 0 N–H and O–H groups in total. The Morgan fingerprint density at radius 2 is 0.981 bits per heavy atom. The molecule has 0 aliphatic carbocycles. The summed E-state index contributed by atoms with van der Waals surface area (Å²) in [7, 11) is 0. The molecule has 0 atom stereocenters. The van der Waals surface area contributed by atoms with E-state index in [9.17, 15) is 5.26 Å². The first-order chi connectivity index (χ1) is 26.2. The summed E-state index contributed by atoms with van der Waals surface area (Å²) in [4.78, 5) is 9.35. The molecule has 0 saturated heterocycles. The van der Waals surface area contributed by atoms with Crippen molar-refractivity contribution in [2.45, 2.75) is 0 Å². The molecule has 4 nitrogen and oxygen atoms in total. The summed E-state index contributed by atoms with van der Waals surface area (Å²) < 4.78 is 6.38. The monoisotopic (exact) mass is 673 g/mol. The number of fused-ring (bicyclic) bond motifs is 2.